The predicted octanol–water partition coefficient (Wildman–Crippen LogP) is 3.08. The third-order valence-electron chi connectivity index (χ3n) is 4.06. The summed E-state index contributed by atoms with van der Waals surface area (Å²) in [6.07, 6.45) is -1.19. The molecule has 0 saturated carbocycles. The van der Waals surface area contributed by atoms with Crippen molar-refractivity contribution in [2.24, 2.45) is 7.05 Å². The first-order valence-electron chi connectivity index (χ1n) is 8.02. The second-order valence-corrected chi connectivity index (χ2v) is 5.89. The van der Waals surface area contributed by atoms with Crippen LogP contribution in [0.15, 0.2) is 54.9 Å². The third-order valence-corrected chi connectivity index (χ3v) is 4.06. The van der Waals surface area contributed by atoms with Crippen molar-refractivity contribution in [3.63, 3.8) is 0 Å². The first-order chi connectivity index (χ1) is 12.9. The highest BCUT2D eigenvalue weighted by Crippen LogP contribution is 2.29. The van der Waals surface area contributed by atoms with Gasteiger partial charge < -0.3 is 9.88 Å². The molecule has 4 aromatic rings. The molecule has 0 amide bonds. The summed E-state index contributed by atoms with van der Waals surface area (Å²) in [5.74, 6) is -0.234. The maximum atomic E-state index is 13.1. The number of benzene rings is 1. The number of fused-ring (bicyclic) bond motifs is 1. The fourth-order valence-electron chi connectivity index (χ4n) is 2.79. The molecular weight excluding hydrogens is 359 g/mol. The largest absolute Gasteiger partial charge is 0.453 e. The highest BCUT2D eigenvalue weighted by Gasteiger charge is 2.37. The SMILES string of the molecule is Cn1ccnc1C(Nc1ccc2nnc(C(F)(F)F)n2n1)c1ccccc1. The molecule has 1 atom stereocenters. The molecule has 0 aliphatic carbocycles. The van der Waals surface area contributed by atoms with Crippen molar-refractivity contribution in [1.82, 2.24) is 29.4 Å². The maximum absolute atomic E-state index is 13.1. The molecular formula is C17H14F3N7. The van der Waals surface area contributed by atoms with Crippen molar-refractivity contribution in [2.75, 3.05) is 5.32 Å². The molecule has 3 aromatic heterocycles. The molecule has 10 heteroatoms. The molecule has 0 fully saturated rings. The van der Waals surface area contributed by atoms with Gasteiger partial charge in [-0.3, -0.25) is 0 Å². The van der Waals surface area contributed by atoms with E-state index in [-0.39, 0.29) is 11.5 Å². The first kappa shape index (κ1) is 17.0. The Balaban J connectivity index is 1.76. The van der Waals surface area contributed by atoms with Gasteiger partial charge in [-0.25, -0.2) is 4.98 Å². The van der Waals surface area contributed by atoms with Gasteiger partial charge in [0.1, 0.15) is 17.7 Å². The molecule has 7 nitrogen and oxygen atoms in total. The van der Waals surface area contributed by atoms with Gasteiger partial charge in [0.15, 0.2) is 5.65 Å². The average Bonchev–Trinajstić information content (AvgIpc) is 3.26. The molecule has 4 rings (SSSR count). The van der Waals surface area contributed by atoms with Crippen molar-refractivity contribution >= 4 is 11.5 Å². The van der Waals surface area contributed by atoms with E-state index in [1.165, 1.54) is 6.07 Å². The van der Waals surface area contributed by atoms with E-state index in [1.807, 2.05) is 41.9 Å². The van der Waals surface area contributed by atoms with E-state index in [4.69, 9.17) is 0 Å². The zero-order valence-corrected chi connectivity index (χ0v) is 14.1. The van der Waals surface area contributed by atoms with Crippen molar-refractivity contribution in [2.45, 2.75) is 12.2 Å². The van der Waals surface area contributed by atoms with Gasteiger partial charge in [0.25, 0.3) is 5.82 Å². The van der Waals surface area contributed by atoms with E-state index in [9.17, 15) is 13.2 Å². The topological polar surface area (TPSA) is 72.9 Å². The zero-order valence-electron chi connectivity index (χ0n) is 14.1. The Labute approximate surface area is 151 Å². The molecule has 0 spiro atoms. The van der Waals surface area contributed by atoms with Crippen LogP contribution in [0.4, 0.5) is 19.0 Å². The van der Waals surface area contributed by atoms with Gasteiger partial charge in [-0.15, -0.1) is 15.3 Å². The van der Waals surface area contributed by atoms with E-state index in [1.54, 1.807) is 18.5 Å². The number of aromatic nitrogens is 6. The summed E-state index contributed by atoms with van der Waals surface area (Å²) in [7, 11) is 1.85. The Morgan fingerprint density at radius 1 is 1.04 bits per heavy atom. The van der Waals surface area contributed by atoms with Gasteiger partial charge in [-0.2, -0.15) is 17.7 Å². The Hall–Kier alpha value is -3.43. The monoisotopic (exact) mass is 373 g/mol. The minimum atomic E-state index is -4.65. The van der Waals surface area contributed by atoms with Crippen molar-refractivity contribution < 1.29 is 13.2 Å². The summed E-state index contributed by atoms with van der Waals surface area (Å²) in [5.41, 5.74) is 0.912. The van der Waals surface area contributed by atoms with Crippen LogP contribution in [0.5, 0.6) is 0 Å². The summed E-state index contributed by atoms with van der Waals surface area (Å²) in [4.78, 5) is 4.36. The van der Waals surface area contributed by atoms with Crippen LogP contribution in [-0.4, -0.2) is 29.4 Å². The number of hydrogen-bond acceptors (Lipinski definition) is 5. The first-order valence-corrected chi connectivity index (χ1v) is 8.02. The number of halogens is 3. The second-order valence-electron chi connectivity index (χ2n) is 5.89. The van der Waals surface area contributed by atoms with Crippen LogP contribution in [-0.2, 0) is 13.2 Å². The number of alkyl halides is 3. The van der Waals surface area contributed by atoms with Gasteiger partial charge in [0, 0.05) is 19.4 Å². The molecule has 0 radical (unpaired) electrons. The van der Waals surface area contributed by atoms with E-state index >= 15 is 0 Å². The molecule has 0 aliphatic heterocycles. The minimum absolute atomic E-state index is 0.0149. The molecule has 138 valence electrons. The molecule has 0 bridgehead atoms. The molecule has 3 heterocycles. The lowest BCUT2D eigenvalue weighted by atomic mass is 10.1. The van der Waals surface area contributed by atoms with E-state index in [2.05, 4.69) is 25.6 Å². The third kappa shape index (κ3) is 3.21. The summed E-state index contributed by atoms with van der Waals surface area (Å²) in [6, 6.07) is 12.0. The molecule has 0 aliphatic rings. The van der Waals surface area contributed by atoms with Gasteiger partial charge >= 0.3 is 6.18 Å². The van der Waals surface area contributed by atoms with E-state index in [0.29, 0.717) is 10.3 Å². The lowest BCUT2D eigenvalue weighted by Crippen LogP contribution is -2.19. The van der Waals surface area contributed by atoms with Gasteiger partial charge in [-0.05, 0) is 17.7 Å². The van der Waals surface area contributed by atoms with Crippen LogP contribution in [0.2, 0.25) is 0 Å². The molecule has 1 unspecified atom stereocenters. The molecule has 1 aromatic carbocycles. The number of anilines is 1. The fraction of sp³-hybridized carbons (Fsp3) is 0.176. The zero-order chi connectivity index (χ0) is 19.0. The minimum Gasteiger partial charge on any atom is -0.355 e. The molecule has 1 N–H and O–H groups in total. The predicted molar refractivity (Wildman–Crippen MR) is 90.9 cm³/mol. The van der Waals surface area contributed by atoms with E-state index < -0.39 is 18.0 Å². The number of aryl methyl sites for hydroxylation is 1. The van der Waals surface area contributed by atoms with Crippen LogP contribution in [0, 0.1) is 0 Å². The summed E-state index contributed by atoms with van der Waals surface area (Å²) in [5, 5.41) is 13.9. The van der Waals surface area contributed by atoms with Crippen LogP contribution in [0.25, 0.3) is 5.65 Å². The Bertz CT molecular complexity index is 1070. The second kappa shape index (κ2) is 6.38. The van der Waals surface area contributed by atoms with Gasteiger partial charge in [0.2, 0.25) is 0 Å². The molecule has 27 heavy (non-hydrogen) atoms. The van der Waals surface area contributed by atoms with Gasteiger partial charge in [-0.1, -0.05) is 30.3 Å². The van der Waals surface area contributed by atoms with Crippen LogP contribution in [0.1, 0.15) is 23.3 Å². The Kier molecular flexibility index (Phi) is 4.02. The Morgan fingerprint density at radius 3 is 2.48 bits per heavy atom. The van der Waals surface area contributed by atoms with Crippen molar-refractivity contribution in [1.29, 1.82) is 0 Å². The van der Waals surface area contributed by atoms with Crippen LogP contribution < -0.4 is 5.32 Å². The van der Waals surface area contributed by atoms with E-state index in [0.717, 1.165) is 5.56 Å². The normalized spacial score (nSPS) is 13.0. The van der Waals surface area contributed by atoms with Crippen LogP contribution in [0.3, 0.4) is 0 Å². The lowest BCUT2D eigenvalue weighted by molar-refractivity contribution is -0.146. The maximum Gasteiger partial charge on any atom is 0.453 e. The Morgan fingerprint density at radius 2 is 1.81 bits per heavy atom. The summed E-state index contributed by atoms with van der Waals surface area (Å²) < 4.78 is 41.8. The number of rotatable bonds is 4. The van der Waals surface area contributed by atoms with Crippen molar-refractivity contribution in [3.05, 3.63) is 72.1 Å². The molecule has 0 saturated heterocycles. The smallest absolute Gasteiger partial charge is 0.355 e. The highest BCUT2D eigenvalue weighted by atomic mass is 19.4. The summed E-state index contributed by atoms with van der Waals surface area (Å²) >= 11 is 0. The standard InChI is InChI=1S/C17H14F3N7/c1-26-10-9-21-15(26)14(11-5-3-2-4-6-11)22-12-7-8-13-23-24-16(17(18,19)20)27(13)25-12/h2-10,14H,1H3,(H,22,25). The summed E-state index contributed by atoms with van der Waals surface area (Å²) in [6.45, 7) is 0. The lowest BCUT2D eigenvalue weighted by Gasteiger charge is -2.19. The number of imidazole rings is 1. The highest BCUT2D eigenvalue weighted by molar-refractivity contribution is 5.47. The van der Waals surface area contributed by atoms with Crippen molar-refractivity contribution in [3.8, 4) is 0 Å². The fourth-order valence-corrected chi connectivity index (χ4v) is 2.79. The quantitative estimate of drug-likeness (QED) is 0.595. The number of hydrogen-bond donors (Lipinski definition) is 1. The number of nitrogens with zero attached hydrogens (tertiary/aromatic N) is 6. The van der Waals surface area contributed by atoms with Crippen LogP contribution >= 0.6 is 0 Å². The van der Waals surface area contributed by atoms with Gasteiger partial charge in [0.05, 0.1) is 0 Å². The average molecular weight is 373 g/mol. The number of nitrogens with one attached hydrogen (secondary N) is 1.